The number of carbonyl (C=O) groups is 5. The fourth-order valence-corrected chi connectivity index (χ4v) is 12.6. The fourth-order valence-electron chi connectivity index (χ4n) is 11.8. The number of nitrogens with two attached hydrogens (primary N) is 2. The highest BCUT2D eigenvalue weighted by atomic mass is 35.5. The van der Waals surface area contributed by atoms with Crippen LogP contribution in [0.2, 0.25) is 30.1 Å². The zero-order chi connectivity index (χ0) is 93.7. The Kier molecular flexibility index (Phi) is 36.3. The molecule has 9 N–H and O–H groups in total. The topological polar surface area (TPSA) is 333 Å². The van der Waals surface area contributed by atoms with Gasteiger partial charge in [-0.25, -0.2) is 24.9 Å². The molecule has 5 heterocycles. The van der Waals surface area contributed by atoms with Crippen LogP contribution in [-0.2, 0) is 0 Å². The van der Waals surface area contributed by atoms with Gasteiger partial charge in [0.25, 0.3) is 0 Å². The summed E-state index contributed by atoms with van der Waals surface area (Å²) in [5, 5.41) is 31.1. The second-order valence-electron chi connectivity index (χ2n) is 27.8. The molecule has 5 aromatic heterocycles. The SMILES string of the molecule is COc1ccc(C(=O)/C=C/c2cccnc2Nc2ccc(Cl)cc2)cc1.COc1ccc(C(=O)/C=C/c2cccnc2Nc2ccc(Cl)cc2)cc1N.COc1ccc(C(=O)/C=C/c2cccnc2Nc2ccc(Cl)cc2)cc1[N+](=O)[O-].Nc1ccc(C(=O)/C=C/c2cccnc2Nc2ccc(Cl)cc2)cc1.O=C(/C=C/c1cccnc1Nc1ccc(Cl)cc1)c1ccc(Cl)cc1. The highest BCUT2D eigenvalue weighted by Gasteiger charge is 2.19. The number of ether oxygens (including phenoxy) is 3. The average Bonchev–Trinajstić information content (AvgIpc) is 0.841. The molecular formula is C103H81Cl6N13O10. The summed E-state index contributed by atoms with van der Waals surface area (Å²) in [5.41, 5.74) is 22.8. The first kappa shape index (κ1) is 96.8. The van der Waals surface area contributed by atoms with Gasteiger partial charge in [-0.05, 0) is 346 Å². The van der Waals surface area contributed by atoms with Crippen LogP contribution in [0.15, 0.2) is 353 Å². The molecule has 132 heavy (non-hydrogen) atoms. The minimum absolute atomic E-state index is 0.0889. The van der Waals surface area contributed by atoms with Gasteiger partial charge in [0.05, 0.1) is 31.9 Å². The summed E-state index contributed by atoms with van der Waals surface area (Å²) in [6.45, 7) is 0. The van der Waals surface area contributed by atoms with Crippen molar-refractivity contribution in [2.75, 3.05) is 59.4 Å². The van der Waals surface area contributed by atoms with Gasteiger partial charge in [0.1, 0.15) is 40.6 Å². The van der Waals surface area contributed by atoms with Crippen LogP contribution >= 0.6 is 69.6 Å². The number of nitrogen functional groups attached to an aromatic ring is 2. The lowest BCUT2D eigenvalue weighted by molar-refractivity contribution is -0.385. The number of hydrogen-bond acceptors (Lipinski definition) is 22. The molecule has 0 amide bonds. The molecule has 660 valence electrons. The van der Waals surface area contributed by atoms with E-state index >= 15 is 0 Å². The third kappa shape index (κ3) is 30.1. The maximum atomic E-state index is 12.5. The van der Waals surface area contributed by atoms with Gasteiger partial charge >= 0.3 is 5.69 Å². The maximum Gasteiger partial charge on any atom is 0.311 e. The van der Waals surface area contributed by atoms with Crippen molar-refractivity contribution in [2.24, 2.45) is 0 Å². The monoisotopic (exact) mass is 1870 g/mol. The van der Waals surface area contributed by atoms with E-state index in [1.165, 1.54) is 62.8 Å². The molecule has 0 unspecified atom stereocenters. The third-order valence-electron chi connectivity index (χ3n) is 18.7. The molecule has 0 aliphatic carbocycles. The molecular weight excluding hydrogens is 1790 g/mol. The molecule has 0 radical (unpaired) electrons. The van der Waals surface area contributed by atoms with E-state index in [0.717, 1.165) is 50.7 Å². The third-order valence-corrected chi connectivity index (χ3v) is 20.2. The Morgan fingerprint density at radius 3 is 0.795 bits per heavy atom. The number of pyridine rings is 5. The van der Waals surface area contributed by atoms with Gasteiger partial charge in [-0.2, -0.15) is 0 Å². The Labute approximate surface area is 791 Å². The number of anilines is 12. The molecule has 0 spiro atoms. The van der Waals surface area contributed by atoms with Crippen molar-refractivity contribution in [3.8, 4) is 17.2 Å². The molecule has 0 bridgehead atoms. The first-order valence-electron chi connectivity index (χ1n) is 39.9. The summed E-state index contributed by atoms with van der Waals surface area (Å²) in [7, 11) is 4.46. The van der Waals surface area contributed by atoms with Crippen LogP contribution in [0.1, 0.15) is 79.6 Å². The fraction of sp³-hybridized carbons (Fsp3) is 0.0291. The molecule has 15 rings (SSSR count). The summed E-state index contributed by atoms with van der Waals surface area (Å²) in [6, 6.07) is 84.4. The van der Waals surface area contributed by atoms with Gasteiger partial charge in [0.15, 0.2) is 34.7 Å². The number of nitrogens with zero attached hydrogens (tertiary/aromatic N) is 6. The van der Waals surface area contributed by atoms with Crippen molar-refractivity contribution in [1.29, 1.82) is 0 Å². The lowest BCUT2D eigenvalue weighted by Gasteiger charge is -2.08. The Balaban J connectivity index is 0.000000159. The minimum Gasteiger partial charge on any atom is -0.497 e. The van der Waals surface area contributed by atoms with Crippen LogP contribution in [0.5, 0.6) is 17.2 Å². The van der Waals surface area contributed by atoms with E-state index in [9.17, 15) is 34.1 Å². The van der Waals surface area contributed by atoms with Crippen LogP contribution < -0.4 is 52.3 Å². The molecule has 29 heteroatoms. The molecule has 0 atom stereocenters. The maximum absolute atomic E-state index is 12.5. The summed E-state index contributed by atoms with van der Waals surface area (Å²) in [4.78, 5) is 94.0. The number of ketones is 5. The number of nitrogens with one attached hydrogen (secondary N) is 5. The van der Waals surface area contributed by atoms with E-state index in [-0.39, 0.29) is 45.9 Å². The van der Waals surface area contributed by atoms with E-state index in [1.54, 1.807) is 232 Å². The number of hydrogen-bond donors (Lipinski definition) is 7. The van der Waals surface area contributed by atoms with Crippen molar-refractivity contribution >= 4 is 203 Å². The normalized spacial score (nSPS) is 10.7. The van der Waals surface area contributed by atoms with Crippen LogP contribution in [-0.4, -0.2) is 80.1 Å². The second kappa shape index (κ2) is 49.5. The highest BCUT2D eigenvalue weighted by Crippen LogP contribution is 2.32. The average molecular weight is 1870 g/mol. The zero-order valence-corrected chi connectivity index (χ0v) is 75.1. The number of rotatable bonds is 29. The van der Waals surface area contributed by atoms with Gasteiger partial charge in [-0.15, -0.1) is 0 Å². The number of allylic oxidation sites excluding steroid dienone is 5. The van der Waals surface area contributed by atoms with E-state index in [4.69, 9.17) is 95.3 Å². The van der Waals surface area contributed by atoms with Crippen molar-refractivity contribution in [3.63, 3.8) is 0 Å². The highest BCUT2D eigenvalue weighted by molar-refractivity contribution is 6.32. The van der Waals surface area contributed by atoms with Crippen molar-refractivity contribution in [3.05, 3.63) is 448 Å². The summed E-state index contributed by atoms with van der Waals surface area (Å²) in [5.74, 6) is 3.69. The first-order chi connectivity index (χ1) is 63.9. The largest absolute Gasteiger partial charge is 0.497 e. The quantitative estimate of drug-likeness (QED) is 0.00753. The number of aromatic nitrogens is 5. The van der Waals surface area contributed by atoms with E-state index in [0.29, 0.717) is 110 Å². The predicted molar refractivity (Wildman–Crippen MR) is 534 cm³/mol. The minimum atomic E-state index is -0.589. The molecule has 0 saturated heterocycles. The number of nitro groups is 1. The van der Waals surface area contributed by atoms with Crippen LogP contribution in [0, 0.1) is 10.1 Å². The van der Waals surface area contributed by atoms with Crippen molar-refractivity contribution in [2.45, 2.75) is 0 Å². The molecule has 0 saturated carbocycles. The molecule has 23 nitrogen and oxygen atoms in total. The number of nitro benzene ring substituents is 1. The number of methoxy groups -OCH3 is 3. The Hall–Kier alpha value is -15.9. The van der Waals surface area contributed by atoms with Gasteiger partial charge in [-0.3, -0.25) is 34.1 Å². The van der Waals surface area contributed by atoms with Crippen molar-refractivity contribution < 1.29 is 43.1 Å². The molecule has 0 aliphatic heterocycles. The number of carbonyl (C=O) groups excluding carboxylic acids is 5. The van der Waals surface area contributed by atoms with E-state index in [2.05, 4.69) is 51.5 Å². The molecule has 0 fully saturated rings. The van der Waals surface area contributed by atoms with Gasteiger partial charge in [0, 0.05) is 157 Å². The Morgan fingerprint density at radius 1 is 0.303 bits per heavy atom. The van der Waals surface area contributed by atoms with Crippen LogP contribution in [0.25, 0.3) is 30.4 Å². The molecule has 15 aromatic rings. The van der Waals surface area contributed by atoms with Crippen molar-refractivity contribution in [1.82, 2.24) is 24.9 Å². The lowest BCUT2D eigenvalue weighted by Crippen LogP contribution is -2.00. The summed E-state index contributed by atoms with van der Waals surface area (Å²) >= 11 is 35.4. The smallest absolute Gasteiger partial charge is 0.311 e. The Bertz CT molecular complexity index is 6500. The second-order valence-corrected chi connectivity index (χ2v) is 30.4. The van der Waals surface area contributed by atoms with Crippen LogP contribution in [0.3, 0.4) is 0 Å². The van der Waals surface area contributed by atoms with E-state index in [1.807, 2.05) is 109 Å². The van der Waals surface area contributed by atoms with Gasteiger partial charge < -0.3 is 52.3 Å². The predicted octanol–water partition coefficient (Wildman–Crippen LogP) is 26.6. The van der Waals surface area contributed by atoms with Crippen LogP contribution in [0.4, 0.5) is 74.6 Å². The molecule has 0 aliphatic rings. The molecule has 10 aromatic carbocycles. The Morgan fingerprint density at radius 2 is 0.538 bits per heavy atom. The van der Waals surface area contributed by atoms with E-state index < -0.39 is 4.92 Å². The first-order valence-corrected chi connectivity index (χ1v) is 42.2. The van der Waals surface area contributed by atoms with Gasteiger partial charge in [-0.1, -0.05) is 69.6 Å². The summed E-state index contributed by atoms with van der Waals surface area (Å²) in [6.07, 6.45) is 24.3. The zero-order valence-electron chi connectivity index (χ0n) is 70.6. The number of halogens is 6. The lowest BCUT2D eigenvalue weighted by atomic mass is 10.1. The summed E-state index contributed by atoms with van der Waals surface area (Å²) < 4.78 is 15.2. The standard InChI is InChI=1S/C21H16ClN3O4.C21H18ClN3O2.C21H17ClN2O2.C20H14Cl2N2O.C20H16ClN3O/c1-29-20-11-5-15(13-18(20)25(27)28)19(26)10-4-14-3-2-12-23-21(14)24-17-8-6-16(22)7-9-17;1-27-20-11-5-15(13-18(20)23)19(26)10-4-14-3-2-12-24-21(14)25-17-8-6-16(22)7-9-17;1-26-19-11-4-15(5-12-19)20(25)13-6-16-3-2-14-23-21(16)24-18-9-7-17(22)8-10-18;21-16-6-3-14(4-7-16)19(25)12-5-15-2-1-13-23-20(15)24-18-10-8-17(22)9-11-18;21-16-6-10-18(11-7-16)24-20-15(2-1-13-23-20)5-12-19(25)14-3-8-17(22)9-4-14/h2-13H,1H3,(H,23,24);2-13H,23H2,1H3,(H,24,25);2-14H,1H3,(H,23,24);1-13H,(H,23,24);1-13H,22H2,(H,23,24)/b2*10-4+;13-6+;2*12-5+. The van der Waals surface area contributed by atoms with Gasteiger partial charge in [0.2, 0.25) is 0 Å². The number of benzene rings is 10.